The largest absolute Gasteiger partial charge is 0.868 e. The quantitative estimate of drug-likeness (QED) is 0.473. The number of nitro benzene ring substituents is 1. The average molecular weight is 306 g/mol. The second-order valence-electron chi connectivity index (χ2n) is 4.55. The molecule has 0 aromatic heterocycles. The number of carbonyl (C=O) groups excluding carboxylic acids is 2. The molecule has 1 atom stereocenters. The molecule has 1 heterocycles. The van der Waals surface area contributed by atoms with Crippen LogP contribution in [0.15, 0.2) is 29.5 Å². The van der Waals surface area contributed by atoms with Crippen LogP contribution >= 0.6 is 0 Å². The number of hydrogen-bond donors (Lipinski definition) is 2. The molecule has 1 aliphatic heterocycles. The van der Waals surface area contributed by atoms with Crippen molar-refractivity contribution in [2.45, 2.75) is 13.0 Å². The standard InChI is InChI=1S/C13H13N3O6/c1-6-10(12(18)22-2)11(15-13(19)14-6)7-3-4-9(17)8(5-7)16(20)21/h3-5,11,17H,1-2H3,(H2,14,15,19)/p-1/t11-/m1/s1. The summed E-state index contributed by atoms with van der Waals surface area (Å²) in [4.78, 5) is 33.5. The summed E-state index contributed by atoms with van der Waals surface area (Å²) in [6.07, 6.45) is 0. The van der Waals surface area contributed by atoms with Crippen molar-refractivity contribution in [3.8, 4) is 5.75 Å². The molecular formula is C13H12N3O6-. The van der Waals surface area contributed by atoms with Crippen LogP contribution in [-0.2, 0) is 9.53 Å². The fraction of sp³-hybridized carbons (Fsp3) is 0.231. The third-order valence-corrected chi connectivity index (χ3v) is 3.19. The van der Waals surface area contributed by atoms with Gasteiger partial charge in [-0.3, -0.25) is 10.1 Å². The highest BCUT2D eigenvalue weighted by Crippen LogP contribution is 2.32. The number of ether oxygens (including phenoxy) is 1. The number of urea groups is 1. The molecule has 2 N–H and O–H groups in total. The van der Waals surface area contributed by atoms with Gasteiger partial charge in [0.2, 0.25) is 0 Å². The van der Waals surface area contributed by atoms with E-state index < -0.39 is 34.4 Å². The smallest absolute Gasteiger partial charge is 0.337 e. The predicted molar refractivity (Wildman–Crippen MR) is 71.7 cm³/mol. The van der Waals surface area contributed by atoms with Gasteiger partial charge in [-0.05, 0) is 18.2 Å². The first-order valence-corrected chi connectivity index (χ1v) is 6.17. The third kappa shape index (κ3) is 2.68. The minimum atomic E-state index is -0.944. The molecule has 0 spiro atoms. The molecule has 0 fully saturated rings. The second-order valence-corrected chi connectivity index (χ2v) is 4.55. The zero-order chi connectivity index (χ0) is 16.4. The number of methoxy groups -OCH3 is 1. The van der Waals surface area contributed by atoms with Gasteiger partial charge in [0, 0.05) is 11.8 Å². The Hall–Kier alpha value is -3.10. The van der Waals surface area contributed by atoms with Gasteiger partial charge in [-0.15, -0.1) is 0 Å². The molecule has 2 rings (SSSR count). The number of amides is 2. The Bertz CT molecular complexity index is 697. The molecule has 9 heteroatoms. The summed E-state index contributed by atoms with van der Waals surface area (Å²) in [5.74, 6) is -1.45. The van der Waals surface area contributed by atoms with Gasteiger partial charge in [-0.25, -0.2) is 9.59 Å². The van der Waals surface area contributed by atoms with Crippen molar-refractivity contribution in [2.75, 3.05) is 7.11 Å². The predicted octanol–water partition coefficient (Wildman–Crippen LogP) is 0.469. The number of carbonyl (C=O) groups is 2. The molecule has 0 saturated heterocycles. The monoisotopic (exact) mass is 306 g/mol. The molecule has 0 radical (unpaired) electrons. The molecule has 1 aliphatic rings. The summed E-state index contributed by atoms with van der Waals surface area (Å²) in [6, 6.07) is 1.87. The van der Waals surface area contributed by atoms with Gasteiger partial charge in [-0.1, -0.05) is 12.1 Å². The number of nitrogens with one attached hydrogen (secondary N) is 2. The molecule has 116 valence electrons. The number of nitro groups is 1. The number of hydrogen-bond acceptors (Lipinski definition) is 6. The van der Waals surface area contributed by atoms with Crippen LogP contribution in [0.2, 0.25) is 0 Å². The summed E-state index contributed by atoms with van der Waals surface area (Å²) in [6.45, 7) is 1.51. The molecule has 1 aromatic carbocycles. The van der Waals surface area contributed by atoms with Crippen LogP contribution in [0.5, 0.6) is 5.75 Å². The van der Waals surface area contributed by atoms with Crippen molar-refractivity contribution in [3.05, 3.63) is 45.1 Å². The molecule has 1 aromatic rings. The van der Waals surface area contributed by atoms with Crippen LogP contribution in [0.3, 0.4) is 0 Å². The molecule has 0 saturated carbocycles. The lowest BCUT2D eigenvalue weighted by Crippen LogP contribution is -2.45. The number of esters is 1. The van der Waals surface area contributed by atoms with Crippen molar-refractivity contribution >= 4 is 17.7 Å². The normalized spacial score (nSPS) is 17.5. The minimum Gasteiger partial charge on any atom is -0.868 e. The highest BCUT2D eigenvalue weighted by molar-refractivity contribution is 5.95. The first-order valence-electron chi connectivity index (χ1n) is 6.17. The van der Waals surface area contributed by atoms with E-state index in [0.29, 0.717) is 0 Å². The fourth-order valence-corrected chi connectivity index (χ4v) is 2.18. The van der Waals surface area contributed by atoms with Crippen LogP contribution in [0.1, 0.15) is 18.5 Å². The summed E-state index contributed by atoms with van der Waals surface area (Å²) >= 11 is 0. The van der Waals surface area contributed by atoms with Gasteiger partial charge >= 0.3 is 12.0 Å². The maximum atomic E-state index is 11.9. The fourth-order valence-electron chi connectivity index (χ4n) is 2.18. The average Bonchev–Trinajstić information content (AvgIpc) is 2.46. The Balaban J connectivity index is 2.55. The summed E-state index contributed by atoms with van der Waals surface area (Å²) in [5.41, 5.74) is -0.0162. The van der Waals surface area contributed by atoms with Crippen LogP contribution in [0, 0.1) is 10.1 Å². The Morgan fingerprint density at radius 2 is 2.09 bits per heavy atom. The third-order valence-electron chi connectivity index (χ3n) is 3.19. The van der Waals surface area contributed by atoms with E-state index in [2.05, 4.69) is 15.4 Å². The van der Waals surface area contributed by atoms with Crippen LogP contribution in [0.4, 0.5) is 10.5 Å². The topological polar surface area (TPSA) is 134 Å². The van der Waals surface area contributed by atoms with Gasteiger partial charge in [0.25, 0.3) is 5.69 Å². The minimum absolute atomic E-state index is 0.107. The Morgan fingerprint density at radius 3 is 2.68 bits per heavy atom. The van der Waals surface area contributed by atoms with Crippen LogP contribution in [0.25, 0.3) is 0 Å². The lowest BCUT2D eigenvalue weighted by atomic mass is 9.95. The number of allylic oxidation sites excluding steroid dienone is 1. The molecular weight excluding hydrogens is 294 g/mol. The van der Waals surface area contributed by atoms with Gasteiger partial charge in [0.15, 0.2) is 0 Å². The van der Waals surface area contributed by atoms with Gasteiger partial charge in [-0.2, -0.15) is 0 Å². The van der Waals surface area contributed by atoms with E-state index in [9.17, 15) is 24.8 Å². The van der Waals surface area contributed by atoms with E-state index in [-0.39, 0.29) is 16.8 Å². The van der Waals surface area contributed by atoms with E-state index >= 15 is 0 Å². The lowest BCUT2D eigenvalue weighted by molar-refractivity contribution is -0.398. The Morgan fingerprint density at radius 1 is 1.41 bits per heavy atom. The first kappa shape index (κ1) is 15.3. The second kappa shape index (κ2) is 5.72. The first-order chi connectivity index (χ1) is 10.3. The maximum Gasteiger partial charge on any atom is 0.337 e. The van der Waals surface area contributed by atoms with Gasteiger partial charge in [0.05, 0.1) is 23.6 Å². The highest BCUT2D eigenvalue weighted by atomic mass is 16.6. The van der Waals surface area contributed by atoms with Crippen LogP contribution < -0.4 is 15.7 Å². The molecule has 2 amide bonds. The molecule has 0 bridgehead atoms. The Labute approximate surface area is 124 Å². The van der Waals surface area contributed by atoms with Crippen LogP contribution in [-0.4, -0.2) is 24.0 Å². The van der Waals surface area contributed by atoms with E-state index in [0.717, 1.165) is 12.1 Å². The molecule has 22 heavy (non-hydrogen) atoms. The van der Waals surface area contributed by atoms with Crippen molar-refractivity contribution in [2.24, 2.45) is 0 Å². The number of benzene rings is 1. The number of rotatable bonds is 3. The van der Waals surface area contributed by atoms with Crippen molar-refractivity contribution < 1.29 is 24.4 Å². The molecule has 0 aliphatic carbocycles. The van der Waals surface area contributed by atoms with Gasteiger partial charge < -0.3 is 20.5 Å². The van der Waals surface area contributed by atoms with Crippen molar-refractivity contribution in [1.82, 2.24) is 10.6 Å². The zero-order valence-electron chi connectivity index (χ0n) is 11.7. The maximum absolute atomic E-state index is 11.9. The summed E-state index contributed by atoms with van der Waals surface area (Å²) < 4.78 is 4.66. The van der Waals surface area contributed by atoms with E-state index in [1.54, 1.807) is 0 Å². The van der Waals surface area contributed by atoms with Gasteiger partial charge in [0.1, 0.15) is 0 Å². The van der Waals surface area contributed by atoms with E-state index in [4.69, 9.17) is 0 Å². The van der Waals surface area contributed by atoms with E-state index in [1.807, 2.05) is 0 Å². The van der Waals surface area contributed by atoms with Crippen molar-refractivity contribution in [3.63, 3.8) is 0 Å². The Kier molecular flexibility index (Phi) is 3.97. The molecule has 9 nitrogen and oxygen atoms in total. The lowest BCUT2D eigenvalue weighted by Gasteiger charge is -2.28. The van der Waals surface area contributed by atoms with E-state index in [1.165, 1.54) is 20.1 Å². The molecule has 0 unspecified atom stereocenters. The summed E-state index contributed by atoms with van der Waals surface area (Å²) in [7, 11) is 1.18. The summed E-state index contributed by atoms with van der Waals surface area (Å²) in [5, 5.41) is 27.2. The number of nitrogens with zero attached hydrogens (tertiary/aromatic N) is 1. The zero-order valence-corrected chi connectivity index (χ0v) is 11.7. The highest BCUT2D eigenvalue weighted by Gasteiger charge is 2.32. The SMILES string of the molecule is COC(=O)C1=C(C)NC(=O)N[C@@H]1c1ccc([O-])c([N+](=O)[O-])c1. The van der Waals surface area contributed by atoms with Crippen molar-refractivity contribution in [1.29, 1.82) is 0 Å².